The quantitative estimate of drug-likeness (QED) is 0.634. The number of hydrogen-bond acceptors (Lipinski definition) is 3. The van der Waals surface area contributed by atoms with Crippen molar-refractivity contribution in [2.24, 2.45) is 5.92 Å². The van der Waals surface area contributed by atoms with Crippen molar-refractivity contribution in [2.75, 3.05) is 18.1 Å². The summed E-state index contributed by atoms with van der Waals surface area (Å²) in [6.07, 6.45) is 5.95. The fraction of sp³-hybridized carbons (Fsp3) is 1.00. The first-order valence-electron chi connectivity index (χ1n) is 6.51. The van der Waals surface area contributed by atoms with Gasteiger partial charge in [-0.25, -0.2) is 8.42 Å². The molecule has 0 aliphatic heterocycles. The van der Waals surface area contributed by atoms with Crippen molar-refractivity contribution in [3.05, 3.63) is 0 Å². The maximum atomic E-state index is 11.3. The van der Waals surface area contributed by atoms with Gasteiger partial charge >= 0.3 is 0 Å². The molecule has 4 heteroatoms. The van der Waals surface area contributed by atoms with Crippen molar-refractivity contribution in [3.63, 3.8) is 0 Å². The highest BCUT2D eigenvalue weighted by molar-refractivity contribution is 7.91. The lowest BCUT2D eigenvalue weighted by atomic mass is 10.1. The van der Waals surface area contributed by atoms with Crippen LogP contribution in [0.15, 0.2) is 0 Å². The van der Waals surface area contributed by atoms with Crippen molar-refractivity contribution >= 4 is 9.84 Å². The number of hydrogen-bond donors (Lipinski definition) is 1. The number of sulfone groups is 1. The van der Waals surface area contributed by atoms with Gasteiger partial charge < -0.3 is 5.32 Å². The normalized spacial score (nSPS) is 18.6. The van der Waals surface area contributed by atoms with Gasteiger partial charge in [-0.1, -0.05) is 26.7 Å². The van der Waals surface area contributed by atoms with E-state index in [1.807, 2.05) is 0 Å². The smallest absolute Gasteiger partial charge is 0.150 e. The summed E-state index contributed by atoms with van der Waals surface area (Å²) in [5.41, 5.74) is 0. The first-order valence-corrected chi connectivity index (χ1v) is 8.33. The zero-order valence-corrected chi connectivity index (χ0v) is 11.4. The van der Waals surface area contributed by atoms with E-state index >= 15 is 0 Å². The second-order valence-electron chi connectivity index (χ2n) is 4.83. The summed E-state index contributed by atoms with van der Waals surface area (Å²) in [6.45, 7) is 4.75. The minimum Gasteiger partial charge on any atom is -0.314 e. The Morgan fingerprint density at radius 3 is 2.50 bits per heavy atom. The molecule has 1 rings (SSSR count). The van der Waals surface area contributed by atoms with Crippen LogP contribution in [0.3, 0.4) is 0 Å². The second kappa shape index (κ2) is 6.60. The van der Waals surface area contributed by atoms with Gasteiger partial charge in [0, 0.05) is 11.8 Å². The summed E-state index contributed by atoms with van der Waals surface area (Å²) < 4.78 is 22.5. The molecule has 1 aliphatic carbocycles. The van der Waals surface area contributed by atoms with Crippen LogP contribution < -0.4 is 5.32 Å². The summed E-state index contributed by atoms with van der Waals surface area (Å²) in [7, 11) is -2.77. The highest BCUT2D eigenvalue weighted by atomic mass is 32.2. The molecule has 3 nitrogen and oxygen atoms in total. The molecule has 0 aromatic rings. The van der Waals surface area contributed by atoms with Crippen molar-refractivity contribution in [1.29, 1.82) is 0 Å². The Morgan fingerprint density at radius 1 is 1.31 bits per heavy atom. The van der Waals surface area contributed by atoms with Gasteiger partial charge in [0.25, 0.3) is 0 Å². The summed E-state index contributed by atoms with van der Waals surface area (Å²) in [6, 6.07) is 0.594. The molecule has 0 saturated heterocycles. The van der Waals surface area contributed by atoms with Gasteiger partial charge in [-0.15, -0.1) is 0 Å². The van der Waals surface area contributed by atoms with E-state index in [1.165, 1.54) is 19.3 Å². The van der Waals surface area contributed by atoms with Crippen LogP contribution in [0.25, 0.3) is 0 Å². The molecule has 0 radical (unpaired) electrons. The summed E-state index contributed by atoms with van der Waals surface area (Å²) >= 11 is 0. The molecule has 1 aliphatic rings. The average Bonchev–Trinajstić information content (AvgIpc) is 3.06. The minimum atomic E-state index is -2.77. The largest absolute Gasteiger partial charge is 0.314 e. The molecule has 0 aromatic carbocycles. The van der Waals surface area contributed by atoms with Crippen LogP contribution in [0.2, 0.25) is 0 Å². The van der Waals surface area contributed by atoms with Gasteiger partial charge in [-0.05, 0) is 31.7 Å². The fourth-order valence-electron chi connectivity index (χ4n) is 1.89. The highest BCUT2D eigenvalue weighted by Gasteiger charge is 2.24. The zero-order valence-electron chi connectivity index (χ0n) is 10.5. The molecular formula is C12H25NO2S. The van der Waals surface area contributed by atoms with E-state index in [2.05, 4.69) is 12.2 Å². The summed E-state index contributed by atoms with van der Waals surface area (Å²) in [4.78, 5) is 0. The Kier molecular flexibility index (Phi) is 5.76. The lowest BCUT2D eigenvalue weighted by molar-refractivity contribution is 0.446. The lowest BCUT2D eigenvalue weighted by Crippen LogP contribution is -2.30. The number of rotatable bonds is 9. The third-order valence-corrected chi connectivity index (χ3v) is 5.10. The SMILES string of the molecule is CCC(CC1CC1)NCCCS(=O)(=O)CC. The molecule has 0 aromatic heterocycles. The van der Waals surface area contributed by atoms with Gasteiger partial charge in [-0.3, -0.25) is 0 Å². The molecule has 0 bridgehead atoms. The highest BCUT2D eigenvalue weighted by Crippen LogP contribution is 2.33. The van der Waals surface area contributed by atoms with Crippen LogP contribution >= 0.6 is 0 Å². The second-order valence-corrected chi connectivity index (χ2v) is 7.30. The van der Waals surface area contributed by atoms with Gasteiger partial charge in [0.1, 0.15) is 9.84 Å². The molecule has 0 heterocycles. The molecule has 16 heavy (non-hydrogen) atoms. The Morgan fingerprint density at radius 2 is 2.00 bits per heavy atom. The van der Waals surface area contributed by atoms with Crippen molar-refractivity contribution in [1.82, 2.24) is 5.32 Å². The standard InChI is InChI=1S/C12H25NO2S/c1-3-12(10-11-6-7-11)13-8-5-9-16(14,15)4-2/h11-13H,3-10H2,1-2H3. The molecule has 1 atom stereocenters. The minimum absolute atomic E-state index is 0.270. The topological polar surface area (TPSA) is 46.2 Å². The molecule has 1 N–H and O–H groups in total. The summed E-state index contributed by atoms with van der Waals surface area (Å²) in [5, 5.41) is 3.47. The average molecular weight is 247 g/mol. The summed E-state index contributed by atoms with van der Waals surface area (Å²) in [5.74, 6) is 1.54. The molecule has 1 fully saturated rings. The third kappa shape index (κ3) is 5.85. The van der Waals surface area contributed by atoms with Gasteiger partial charge in [0.05, 0.1) is 5.75 Å². The molecule has 0 amide bonds. The number of nitrogens with one attached hydrogen (secondary N) is 1. The third-order valence-electron chi connectivity index (χ3n) is 3.31. The Balaban J connectivity index is 2.08. The maximum Gasteiger partial charge on any atom is 0.150 e. The molecular weight excluding hydrogens is 222 g/mol. The van der Waals surface area contributed by atoms with Crippen molar-refractivity contribution < 1.29 is 8.42 Å². The van der Waals surface area contributed by atoms with Crippen LogP contribution in [0.4, 0.5) is 0 Å². The van der Waals surface area contributed by atoms with Crippen LogP contribution in [0.1, 0.15) is 46.0 Å². The van der Waals surface area contributed by atoms with Crippen molar-refractivity contribution in [2.45, 2.75) is 52.0 Å². The van der Waals surface area contributed by atoms with E-state index in [9.17, 15) is 8.42 Å². The molecule has 1 saturated carbocycles. The van der Waals surface area contributed by atoms with Gasteiger partial charge in [0.15, 0.2) is 0 Å². The van der Waals surface area contributed by atoms with E-state index in [4.69, 9.17) is 0 Å². The van der Waals surface area contributed by atoms with E-state index in [1.54, 1.807) is 6.92 Å². The van der Waals surface area contributed by atoms with Crippen molar-refractivity contribution in [3.8, 4) is 0 Å². The van der Waals surface area contributed by atoms with E-state index in [0.717, 1.165) is 25.3 Å². The predicted octanol–water partition coefficient (Wildman–Crippen LogP) is 1.98. The first-order chi connectivity index (χ1) is 7.57. The Hall–Kier alpha value is -0.0900. The molecule has 1 unspecified atom stereocenters. The fourth-order valence-corrected chi connectivity index (χ4v) is 2.77. The van der Waals surface area contributed by atoms with Crippen LogP contribution in [0, 0.1) is 5.92 Å². The Bertz CT molecular complexity index is 283. The zero-order chi connectivity index (χ0) is 12.0. The van der Waals surface area contributed by atoms with Crippen LogP contribution in [-0.2, 0) is 9.84 Å². The van der Waals surface area contributed by atoms with Gasteiger partial charge in [-0.2, -0.15) is 0 Å². The molecule has 0 spiro atoms. The monoisotopic (exact) mass is 247 g/mol. The predicted molar refractivity (Wildman–Crippen MR) is 68.4 cm³/mol. The Labute approximate surface area is 99.9 Å². The maximum absolute atomic E-state index is 11.3. The van der Waals surface area contributed by atoms with E-state index < -0.39 is 9.84 Å². The van der Waals surface area contributed by atoms with Crippen LogP contribution in [-0.4, -0.2) is 32.5 Å². The van der Waals surface area contributed by atoms with Gasteiger partial charge in [0.2, 0.25) is 0 Å². The van der Waals surface area contributed by atoms with Crippen LogP contribution in [0.5, 0.6) is 0 Å². The van der Waals surface area contributed by atoms with E-state index in [-0.39, 0.29) is 5.75 Å². The lowest BCUT2D eigenvalue weighted by Gasteiger charge is -2.16. The van der Waals surface area contributed by atoms with E-state index in [0.29, 0.717) is 11.8 Å². The first kappa shape index (κ1) is 14.0. The molecule has 96 valence electrons.